The average molecular weight is 328 g/mol. The molecule has 128 valence electrons. The van der Waals surface area contributed by atoms with Crippen molar-refractivity contribution in [3.63, 3.8) is 0 Å². The fourth-order valence-corrected chi connectivity index (χ4v) is 3.31. The highest BCUT2D eigenvalue weighted by Crippen LogP contribution is 2.21. The largest absolute Gasteiger partial charge is 0.461 e. The highest BCUT2D eigenvalue weighted by Gasteiger charge is 2.26. The van der Waals surface area contributed by atoms with Gasteiger partial charge in [-0.2, -0.15) is 0 Å². The molecular formula is C19H24N2O3. The van der Waals surface area contributed by atoms with Crippen LogP contribution in [-0.2, 0) is 16.0 Å². The lowest BCUT2D eigenvalue weighted by atomic mass is 10.0. The minimum atomic E-state index is 0.0877. The van der Waals surface area contributed by atoms with Crippen LogP contribution in [0.5, 0.6) is 0 Å². The zero-order chi connectivity index (χ0) is 17.1. The van der Waals surface area contributed by atoms with Gasteiger partial charge in [0.15, 0.2) is 0 Å². The quantitative estimate of drug-likeness (QED) is 0.867. The van der Waals surface area contributed by atoms with E-state index in [1.807, 2.05) is 42.3 Å². The SMILES string of the molecule is CC(=O)N(C)C1CCN(C(=O)CCc2cc3ccccc3o2)CC1. The van der Waals surface area contributed by atoms with Crippen LogP contribution >= 0.6 is 0 Å². The Morgan fingerprint density at radius 1 is 1.25 bits per heavy atom. The first-order chi connectivity index (χ1) is 11.5. The molecule has 5 heteroatoms. The molecule has 1 aromatic heterocycles. The Kier molecular flexibility index (Phi) is 4.88. The maximum Gasteiger partial charge on any atom is 0.223 e. The highest BCUT2D eigenvalue weighted by molar-refractivity contribution is 5.79. The molecule has 0 bridgehead atoms. The Hall–Kier alpha value is -2.30. The Bertz CT molecular complexity index is 696. The predicted molar refractivity (Wildman–Crippen MR) is 92.6 cm³/mol. The number of rotatable bonds is 4. The third kappa shape index (κ3) is 3.61. The number of carbonyl (C=O) groups is 2. The first kappa shape index (κ1) is 16.6. The van der Waals surface area contributed by atoms with E-state index in [0.717, 1.165) is 42.7 Å². The molecule has 2 heterocycles. The number of amides is 2. The van der Waals surface area contributed by atoms with Crippen molar-refractivity contribution in [1.82, 2.24) is 9.80 Å². The van der Waals surface area contributed by atoms with Gasteiger partial charge in [0, 0.05) is 51.3 Å². The van der Waals surface area contributed by atoms with E-state index in [-0.39, 0.29) is 17.9 Å². The summed E-state index contributed by atoms with van der Waals surface area (Å²) in [6, 6.07) is 10.1. The Morgan fingerprint density at radius 3 is 2.62 bits per heavy atom. The van der Waals surface area contributed by atoms with Gasteiger partial charge in [0.25, 0.3) is 0 Å². The van der Waals surface area contributed by atoms with E-state index in [0.29, 0.717) is 12.8 Å². The van der Waals surface area contributed by atoms with Gasteiger partial charge in [-0.15, -0.1) is 0 Å². The summed E-state index contributed by atoms with van der Waals surface area (Å²) in [6.07, 6.45) is 2.80. The number of aryl methyl sites for hydroxylation is 1. The topological polar surface area (TPSA) is 53.8 Å². The Labute approximate surface area is 142 Å². The molecule has 2 amide bonds. The summed E-state index contributed by atoms with van der Waals surface area (Å²) in [5.74, 6) is 1.11. The van der Waals surface area contributed by atoms with Crippen LogP contribution in [0.15, 0.2) is 34.7 Å². The molecule has 1 aromatic carbocycles. The van der Waals surface area contributed by atoms with Crippen molar-refractivity contribution >= 4 is 22.8 Å². The fraction of sp³-hybridized carbons (Fsp3) is 0.474. The van der Waals surface area contributed by atoms with Crippen LogP contribution in [0.3, 0.4) is 0 Å². The molecular weight excluding hydrogens is 304 g/mol. The zero-order valence-electron chi connectivity index (χ0n) is 14.3. The summed E-state index contributed by atoms with van der Waals surface area (Å²) in [4.78, 5) is 27.5. The molecule has 0 saturated carbocycles. The third-order valence-corrected chi connectivity index (χ3v) is 4.92. The van der Waals surface area contributed by atoms with Crippen molar-refractivity contribution < 1.29 is 14.0 Å². The number of piperidine rings is 1. The molecule has 24 heavy (non-hydrogen) atoms. The van der Waals surface area contributed by atoms with E-state index in [1.54, 1.807) is 11.8 Å². The molecule has 0 radical (unpaired) electrons. The smallest absolute Gasteiger partial charge is 0.223 e. The zero-order valence-corrected chi connectivity index (χ0v) is 14.3. The van der Waals surface area contributed by atoms with E-state index in [4.69, 9.17) is 4.42 Å². The number of likely N-dealkylation sites (tertiary alicyclic amines) is 1. The molecule has 1 saturated heterocycles. The van der Waals surface area contributed by atoms with Crippen molar-refractivity contribution in [1.29, 1.82) is 0 Å². The number of hydrogen-bond acceptors (Lipinski definition) is 3. The Balaban J connectivity index is 1.50. The molecule has 2 aromatic rings. The van der Waals surface area contributed by atoms with E-state index >= 15 is 0 Å². The summed E-state index contributed by atoms with van der Waals surface area (Å²) >= 11 is 0. The molecule has 5 nitrogen and oxygen atoms in total. The monoisotopic (exact) mass is 328 g/mol. The number of nitrogens with zero attached hydrogens (tertiary/aromatic N) is 2. The van der Waals surface area contributed by atoms with E-state index in [9.17, 15) is 9.59 Å². The third-order valence-electron chi connectivity index (χ3n) is 4.92. The van der Waals surface area contributed by atoms with Gasteiger partial charge in [-0.3, -0.25) is 9.59 Å². The second-order valence-electron chi connectivity index (χ2n) is 6.49. The number of benzene rings is 1. The van der Waals surface area contributed by atoms with Crippen LogP contribution in [0.25, 0.3) is 11.0 Å². The fourth-order valence-electron chi connectivity index (χ4n) is 3.31. The van der Waals surface area contributed by atoms with Crippen molar-refractivity contribution in [2.24, 2.45) is 0 Å². The van der Waals surface area contributed by atoms with Crippen molar-refractivity contribution in [2.75, 3.05) is 20.1 Å². The number of fused-ring (bicyclic) bond motifs is 1. The van der Waals surface area contributed by atoms with Crippen LogP contribution in [0.4, 0.5) is 0 Å². The number of hydrogen-bond donors (Lipinski definition) is 0. The van der Waals surface area contributed by atoms with Gasteiger partial charge in [0.2, 0.25) is 11.8 Å². The molecule has 0 unspecified atom stereocenters. The normalized spacial score (nSPS) is 15.7. The number of para-hydroxylation sites is 1. The van der Waals surface area contributed by atoms with E-state index in [1.165, 1.54) is 0 Å². The predicted octanol–water partition coefficient (Wildman–Crippen LogP) is 2.83. The summed E-state index contributed by atoms with van der Waals surface area (Å²) in [7, 11) is 1.84. The molecule has 1 aliphatic heterocycles. The Morgan fingerprint density at radius 2 is 1.96 bits per heavy atom. The van der Waals surface area contributed by atoms with Crippen LogP contribution in [0.1, 0.15) is 31.9 Å². The average Bonchev–Trinajstić information content (AvgIpc) is 3.02. The van der Waals surface area contributed by atoms with Gasteiger partial charge in [-0.05, 0) is 25.0 Å². The first-order valence-electron chi connectivity index (χ1n) is 8.53. The second-order valence-corrected chi connectivity index (χ2v) is 6.49. The summed E-state index contributed by atoms with van der Waals surface area (Å²) < 4.78 is 5.77. The van der Waals surface area contributed by atoms with E-state index < -0.39 is 0 Å². The highest BCUT2D eigenvalue weighted by atomic mass is 16.3. The lowest BCUT2D eigenvalue weighted by Crippen LogP contribution is -2.46. The minimum Gasteiger partial charge on any atom is -0.461 e. The van der Waals surface area contributed by atoms with Gasteiger partial charge in [-0.25, -0.2) is 0 Å². The van der Waals surface area contributed by atoms with Gasteiger partial charge in [0.1, 0.15) is 11.3 Å². The van der Waals surface area contributed by atoms with Crippen LogP contribution < -0.4 is 0 Å². The van der Waals surface area contributed by atoms with Gasteiger partial charge < -0.3 is 14.2 Å². The maximum absolute atomic E-state index is 12.4. The minimum absolute atomic E-state index is 0.0877. The van der Waals surface area contributed by atoms with Crippen LogP contribution in [0.2, 0.25) is 0 Å². The number of furan rings is 1. The van der Waals surface area contributed by atoms with Gasteiger partial charge >= 0.3 is 0 Å². The maximum atomic E-state index is 12.4. The summed E-state index contributed by atoms with van der Waals surface area (Å²) in [6.45, 7) is 3.04. The van der Waals surface area contributed by atoms with Crippen molar-refractivity contribution in [3.05, 3.63) is 36.1 Å². The van der Waals surface area contributed by atoms with Crippen LogP contribution in [0, 0.1) is 0 Å². The summed E-state index contributed by atoms with van der Waals surface area (Å²) in [5, 5.41) is 1.08. The van der Waals surface area contributed by atoms with Crippen molar-refractivity contribution in [3.8, 4) is 0 Å². The van der Waals surface area contributed by atoms with E-state index in [2.05, 4.69) is 0 Å². The number of carbonyl (C=O) groups excluding carboxylic acids is 2. The molecule has 0 atom stereocenters. The lowest BCUT2D eigenvalue weighted by molar-refractivity contribution is -0.134. The van der Waals surface area contributed by atoms with Gasteiger partial charge in [-0.1, -0.05) is 18.2 Å². The van der Waals surface area contributed by atoms with Gasteiger partial charge in [0.05, 0.1) is 0 Å². The molecule has 0 aliphatic carbocycles. The molecule has 3 rings (SSSR count). The molecule has 0 N–H and O–H groups in total. The molecule has 0 spiro atoms. The first-order valence-corrected chi connectivity index (χ1v) is 8.53. The lowest BCUT2D eigenvalue weighted by Gasteiger charge is -2.36. The van der Waals surface area contributed by atoms with Crippen LogP contribution in [-0.4, -0.2) is 47.8 Å². The summed E-state index contributed by atoms with van der Waals surface area (Å²) in [5.41, 5.74) is 0.869. The molecule has 1 aliphatic rings. The standard InChI is InChI=1S/C19H24N2O3/c1-14(22)20(2)16-9-11-21(12-10-16)19(23)8-7-17-13-15-5-3-4-6-18(15)24-17/h3-6,13,16H,7-12H2,1-2H3. The molecule has 1 fully saturated rings. The van der Waals surface area contributed by atoms with Crippen molar-refractivity contribution in [2.45, 2.75) is 38.6 Å². The second kappa shape index (κ2) is 7.07.